The number of pyridine rings is 1. The van der Waals surface area contributed by atoms with Crippen molar-refractivity contribution in [2.75, 3.05) is 11.4 Å². The minimum Gasteiger partial charge on any atom is -0.308 e. The number of halogens is 2. The third kappa shape index (κ3) is 2.39. The highest BCUT2D eigenvalue weighted by Gasteiger charge is 2.39. The number of rotatable bonds is 2. The molecule has 1 aliphatic heterocycles. The molecule has 0 N–H and O–H groups in total. The van der Waals surface area contributed by atoms with Crippen LogP contribution in [0.2, 0.25) is 5.02 Å². The minimum absolute atomic E-state index is 0.233. The molecular formula is C9H8ClFN2O3S. The monoisotopic (exact) mass is 278 g/mol. The van der Waals surface area contributed by atoms with Crippen LogP contribution >= 0.6 is 11.6 Å². The van der Waals surface area contributed by atoms with Gasteiger partial charge in [-0.1, -0.05) is 11.6 Å². The van der Waals surface area contributed by atoms with Crippen LogP contribution in [0.3, 0.4) is 0 Å². The second-order valence-corrected chi connectivity index (χ2v) is 5.66. The zero-order valence-corrected chi connectivity index (χ0v) is 10.1. The van der Waals surface area contributed by atoms with Crippen LogP contribution in [0.4, 0.5) is 9.57 Å². The van der Waals surface area contributed by atoms with Crippen LogP contribution in [-0.2, 0) is 15.0 Å². The van der Waals surface area contributed by atoms with Gasteiger partial charge >= 0.3 is 10.2 Å². The van der Waals surface area contributed by atoms with E-state index >= 15 is 0 Å². The lowest BCUT2D eigenvalue weighted by atomic mass is 10.4. The van der Waals surface area contributed by atoms with Crippen molar-refractivity contribution < 1.29 is 17.1 Å². The molecule has 0 spiro atoms. The molecule has 92 valence electrons. The normalized spacial score (nSPS) is 20.9. The van der Waals surface area contributed by atoms with E-state index in [-0.39, 0.29) is 18.0 Å². The molecule has 1 saturated heterocycles. The predicted molar refractivity (Wildman–Crippen MR) is 60.0 cm³/mol. The Balaban J connectivity index is 2.31. The van der Waals surface area contributed by atoms with Gasteiger partial charge in [0.25, 0.3) is 0 Å². The Kier molecular flexibility index (Phi) is 3.05. The SMILES string of the molecule is O=C1CC(S(=O)(=O)F)CN1c1cnccc1Cl. The summed E-state index contributed by atoms with van der Waals surface area (Å²) in [4.78, 5) is 16.5. The van der Waals surface area contributed by atoms with Crippen LogP contribution in [-0.4, -0.2) is 31.1 Å². The predicted octanol–water partition coefficient (Wildman–Crippen LogP) is 1.14. The first-order valence-electron chi connectivity index (χ1n) is 4.73. The summed E-state index contributed by atoms with van der Waals surface area (Å²) in [5.41, 5.74) is 0.297. The van der Waals surface area contributed by atoms with E-state index in [1.807, 2.05) is 0 Å². The molecule has 5 nitrogen and oxygen atoms in total. The van der Waals surface area contributed by atoms with Crippen LogP contribution in [0.15, 0.2) is 18.5 Å². The highest BCUT2D eigenvalue weighted by molar-refractivity contribution is 7.87. The van der Waals surface area contributed by atoms with Crippen LogP contribution in [0.5, 0.6) is 0 Å². The summed E-state index contributed by atoms with van der Waals surface area (Å²) in [6.07, 6.45) is 2.41. The molecule has 0 aliphatic carbocycles. The molecule has 17 heavy (non-hydrogen) atoms. The number of carbonyl (C=O) groups excluding carboxylic acids is 1. The van der Waals surface area contributed by atoms with Gasteiger partial charge in [0.1, 0.15) is 5.25 Å². The second-order valence-electron chi connectivity index (χ2n) is 3.63. The van der Waals surface area contributed by atoms with Gasteiger partial charge in [0.2, 0.25) is 5.91 Å². The van der Waals surface area contributed by atoms with Crippen molar-refractivity contribution in [2.24, 2.45) is 0 Å². The van der Waals surface area contributed by atoms with Gasteiger partial charge in [-0.15, -0.1) is 3.89 Å². The maximum absolute atomic E-state index is 12.8. The fourth-order valence-corrected chi connectivity index (χ4v) is 2.54. The third-order valence-corrected chi connectivity index (χ3v) is 3.96. The van der Waals surface area contributed by atoms with Crippen molar-refractivity contribution >= 4 is 33.4 Å². The van der Waals surface area contributed by atoms with E-state index in [2.05, 4.69) is 4.98 Å². The molecule has 1 aromatic heterocycles. The molecule has 0 saturated carbocycles. The zero-order chi connectivity index (χ0) is 12.6. The number of aromatic nitrogens is 1. The fraction of sp³-hybridized carbons (Fsp3) is 0.333. The van der Waals surface area contributed by atoms with E-state index in [9.17, 15) is 17.1 Å². The van der Waals surface area contributed by atoms with E-state index in [0.29, 0.717) is 5.69 Å². The van der Waals surface area contributed by atoms with Crippen molar-refractivity contribution in [3.05, 3.63) is 23.5 Å². The third-order valence-electron chi connectivity index (χ3n) is 2.53. The lowest BCUT2D eigenvalue weighted by Gasteiger charge is -2.16. The summed E-state index contributed by atoms with van der Waals surface area (Å²) in [6.45, 7) is -0.233. The van der Waals surface area contributed by atoms with Crippen molar-refractivity contribution in [1.82, 2.24) is 4.98 Å². The quantitative estimate of drug-likeness (QED) is 0.761. The lowest BCUT2D eigenvalue weighted by molar-refractivity contribution is -0.117. The largest absolute Gasteiger partial charge is 0.308 e. The number of amides is 1. The Labute approximate surface area is 102 Å². The fourth-order valence-electron chi connectivity index (χ4n) is 1.66. The molecule has 8 heteroatoms. The molecule has 0 aromatic carbocycles. The summed E-state index contributed by atoms with van der Waals surface area (Å²) in [6, 6.07) is 1.47. The van der Waals surface area contributed by atoms with E-state index in [1.165, 1.54) is 18.5 Å². The first kappa shape index (κ1) is 12.3. The Morgan fingerprint density at radius 3 is 2.76 bits per heavy atom. The average molecular weight is 279 g/mol. The van der Waals surface area contributed by atoms with Gasteiger partial charge in [0, 0.05) is 19.2 Å². The minimum atomic E-state index is -4.72. The molecule has 2 rings (SSSR count). The van der Waals surface area contributed by atoms with E-state index in [1.54, 1.807) is 0 Å². The first-order chi connectivity index (χ1) is 7.89. The smallest absolute Gasteiger partial charge is 0.307 e. The Hall–Kier alpha value is -1.21. The maximum atomic E-state index is 12.8. The Morgan fingerprint density at radius 1 is 1.53 bits per heavy atom. The van der Waals surface area contributed by atoms with Crippen LogP contribution in [0.25, 0.3) is 0 Å². The van der Waals surface area contributed by atoms with Gasteiger partial charge in [-0.2, -0.15) is 8.42 Å². The van der Waals surface area contributed by atoms with Crippen LogP contribution in [0, 0.1) is 0 Å². The van der Waals surface area contributed by atoms with Crippen molar-refractivity contribution in [3.8, 4) is 0 Å². The van der Waals surface area contributed by atoms with E-state index in [4.69, 9.17) is 11.6 Å². The summed E-state index contributed by atoms with van der Waals surface area (Å²) >= 11 is 5.85. The highest BCUT2D eigenvalue weighted by atomic mass is 35.5. The van der Waals surface area contributed by atoms with Gasteiger partial charge < -0.3 is 4.90 Å². The van der Waals surface area contributed by atoms with Gasteiger partial charge in [0.15, 0.2) is 0 Å². The number of hydrogen-bond donors (Lipinski definition) is 0. The van der Waals surface area contributed by atoms with Crippen molar-refractivity contribution in [3.63, 3.8) is 0 Å². The summed E-state index contributed by atoms with van der Waals surface area (Å²) in [5, 5.41) is -1.06. The molecule has 1 amide bonds. The number of nitrogens with zero attached hydrogens (tertiary/aromatic N) is 2. The summed E-state index contributed by atoms with van der Waals surface area (Å²) in [7, 11) is -4.72. The zero-order valence-electron chi connectivity index (χ0n) is 8.51. The maximum Gasteiger partial charge on any atom is 0.307 e. The number of hydrogen-bond acceptors (Lipinski definition) is 4. The molecule has 1 fully saturated rings. The molecule has 0 bridgehead atoms. The van der Waals surface area contributed by atoms with Gasteiger partial charge in [-0.25, -0.2) is 0 Å². The summed E-state index contributed by atoms with van der Waals surface area (Å²) in [5.74, 6) is -0.480. The Bertz CT molecular complexity index is 563. The van der Waals surface area contributed by atoms with Crippen molar-refractivity contribution in [2.45, 2.75) is 11.7 Å². The molecule has 1 aliphatic rings. The van der Waals surface area contributed by atoms with Crippen LogP contribution < -0.4 is 4.90 Å². The second kappa shape index (κ2) is 4.23. The van der Waals surface area contributed by atoms with Crippen LogP contribution in [0.1, 0.15) is 6.42 Å². The standard InChI is InChI=1S/C9H8ClFN2O3S/c10-7-1-2-12-4-8(7)13-5-6(3-9(13)14)17(11,15)16/h1-2,4,6H,3,5H2. The van der Waals surface area contributed by atoms with Gasteiger partial charge in [0.05, 0.1) is 16.9 Å². The molecular weight excluding hydrogens is 271 g/mol. The molecule has 1 atom stereocenters. The summed E-state index contributed by atoms with van der Waals surface area (Å²) < 4.78 is 34.3. The first-order valence-corrected chi connectivity index (χ1v) is 6.55. The lowest BCUT2D eigenvalue weighted by Crippen LogP contribution is -2.27. The number of anilines is 1. The molecule has 1 unspecified atom stereocenters. The highest BCUT2D eigenvalue weighted by Crippen LogP contribution is 2.30. The molecule has 0 radical (unpaired) electrons. The molecule has 2 heterocycles. The number of carbonyl (C=O) groups is 1. The van der Waals surface area contributed by atoms with Gasteiger partial charge in [-0.05, 0) is 6.07 Å². The van der Waals surface area contributed by atoms with E-state index < -0.39 is 21.4 Å². The average Bonchev–Trinajstić information content (AvgIpc) is 2.61. The topological polar surface area (TPSA) is 67.3 Å². The van der Waals surface area contributed by atoms with E-state index in [0.717, 1.165) is 4.90 Å². The Morgan fingerprint density at radius 2 is 2.24 bits per heavy atom. The van der Waals surface area contributed by atoms with Gasteiger partial charge in [-0.3, -0.25) is 9.78 Å². The van der Waals surface area contributed by atoms with Crippen molar-refractivity contribution in [1.29, 1.82) is 0 Å². The molecule has 1 aromatic rings.